The maximum absolute atomic E-state index is 5.25. The zero-order valence-electron chi connectivity index (χ0n) is 7.51. The SMILES string of the molecule is CCOCCC[SiH2]CCCS. The smallest absolute Gasteiger partial charge is 0.0463 e. The second-order valence-electron chi connectivity index (χ2n) is 2.69. The second kappa shape index (κ2) is 10.5. The highest BCUT2D eigenvalue weighted by atomic mass is 32.1. The molecule has 0 aliphatic heterocycles. The lowest BCUT2D eigenvalue weighted by Gasteiger charge is -1.99. The van der Waals surface area contributed by atoms with Crippen molar-refractivity contribution in [2.75, 3.05) is 19.0 Å². The second-order valence-corrected chi connectivity index (χ2v) is 5.26. The highest BCUT2D eigenvalue weighted by Gasteiger charge is 1.89. The molecule has 0 N–H and O–H groups in total. The number of hydrogen-bond acceptors (Lipinski definition) is 2. The van der Waals surface area contributed by atoms with E-state index >= 15 is 0 Å². The quantitative estimate of drug-likeness (QED) is 0.350. The van der Waals surface area contributed by atoms with Crippen LogP contribution in [-0.4, -0.2) is 28.5 Å². The first-order valence-electron chi connectivity index (χ1n) is 4.60. The summed E-state index contributed by atoms with van der Waals surface area (Å²) >= 11 is 4.18. The third-order valence-electron chi connectivity index (χ3n) is 1.65. The van der Waals surface area contributed by atoms with Gasteiger partial charge in [0.1, 0.15) is 0 Å². The summed E-state index contributed by atoms with van der Waals surface area (Å²) in [6, 6.07) is 2.92. The van der Waals surface area contributed by atoms with Gasteiger partial charge in [0.15, 0.2) is 0 Å². The number of ether oxygens (including phenoxy) is 1. The van der Waals surface area contributed by atoms with Gasteiger partial charge in [0, 0.05) is 22.7 Å². The monoisotopic (exact) mass is 192 g/mol. The number of hydrogen-bond donors (Lipinski definition) is 1. The van der Waals surface area contributed by atoms with Crippen molar-refractivity contribution in [3.63, 3.8) is 0 Å². The van der Waals surface area contributed by atoms with Gasteiger partial charge in [-0.3, -0.25) is 0 Å². The van der Waals surface area contributed by atoms with Crippen molar-refractivity contribution in [2.45, 2.75) is 31.9 Å². The van der Waals surface area contributed by atoms with Crippen LogP contribution >= 0.6 is 12.6 Å². The van der Waals surface area contributed by atoms with Gasteiger partial charge in [-0.1, -0.05) is 12.1 Å². The van der Waals surface area contributed by atoms with E-state index in [4.69, 9.17) is 4.74 Å². The molecule has 0 aromatic carbocycles. The standard InChI is InChI=1S/C8H20OSSi/c1-2-9-5-3-7-11-8-4-6-10/h10H,2-8,11H2,1H3. The van der Waals surface area contributed by atoms with Crippen LogP contribution in [0.15, 0.2) is 0 Å². The minimum atomic E-state index is 0.243. The Balaban J connectivity index is 2.69. The molecule has 0 bridgehead atoms. The summed E-state index contributed by atoms with van der Waals surface area (Å²) in [6.45, 7) is 3.90. The van der Waals surface area contributed by atoms with Crippen molar-refractivity contribution in [3.05, 3.63) is 0 Å². The minimum Gasteiger partial charge on any atom is -0.382 e. The van der Waals surface area contributed by atoms with Gasteiger partial charge in [0.05, 0.1) is 0 Å². The molecular formula is C8H20OSSi. The first-order chi connectivity index (χ1) is 5.41. The average Bonchev–Trinajstić information content (AvgIpc) is 2.03. The molecule has 68 valence electrons. The Morgan fingerprint density at radius 3 is 2.64 bits per heavy atom. The molecule has 0 unspecified atom stereocenters. The first-order valence-corrected chi connectivity index (χ1v) is 7.23. The summed E-state index contributed by atoms with van der Waals surface area (Å²) in [5, 5.41) is 0. The molecule has 0 spiro atoms. The fourth-order valence-corrected chi connectivity index (χ4v) is 3.15. The molecule has 0 radical (unpaired) electrons. The van der Waals surface area contributed by atoms with Gasteiger partial charge in [-0.15, -0.1) is 0 Å². The minimum absolute atomic E-state index is 0.243. The van der Waals surface area contributed by atoms with Crippen LogP contribution in [-0.2, 0) is 4.74 Å². The Labute approximate surface area is 78.1 Å². The van der Waals surface area contributed by atoms with Gasteiger partial charge < -0.3 is 4.74 Å². The zero-order chi connectivity index (χ0) is 8.36. The van der Waals surface area contributed by atoms with E-state index in [0.29, 0.717) is 0 Å². The summed E-state index contributed by atoms with van der Waals surface area (Å²) in [7, 11) is 0.243. The highest BCUT2D eigenvalue weighted by molar-refractivity contribution is 7.80. The van der Waals surface area contributed by atoms with E-state index in [1.165, 1.54) is 24.9 Å². The summed E-state index contributed by atoms with van der Waals surface area (Å²) in [5.74, 6) is 1.07. The molecule has 0 saturated heterocycles. The molecule has 3 heteroatoms. The molecular weight excluding hydrogens is 172 g/mol. The van der Waals surface area contributed by atoms with Gasteiger partial charge in [0.2, 0.25) is 0 Å². The van der Waals surface area contributed by atoms with Crippen LogP contribution in [0, 0.1) is 0 Å². The number of thiol groups is 1. The summed E-state index contributed by atoms with van der Waals surface area (Å²) in [6.07, 6.45) is 2.61. The third-order valence-corrected chi connectivity index (χ3v) is 3.97. The van der Waals surface area contributed by atoms with Crippen molar-refractivity contribution < 1.29 is 4.74 Å². The highest BCUT2D eigenvalue weighted by Crippen LogP contribution is 1.97. The maximum atomic E-state index is 5.25. The van der Waals surface area contributed by atoms with Gasteiger partial charge in [-0.25, -0.2) is 0 Å². The van der Waals surface area contributed by atoms with Crippen molar-refractivity contribution in [2.24, 2.45) is 0 Å². The predicted molar refractivity (Wildman–Crippen MR) is 57.7 cm³/mol. The van der Waals surface area contributed by atoms with Gasteiger partial charge >= 0.3 is 0 Å². The Bertz CT molecular complexity index is 63.1. The molecule has 0 aromatic rings. The largest absolute Gasteiger partial charge is 0.382 e. The molecule has 11 heavy (non-hydrogen) atoms. The molecule has 1 nitrogen and oxygen atoms in total. The van der Waals surface area contributed by atoms with E-state index in [9.17, 15) is 0 Å². The Morgan fingerprint density at radius 2 is 2.00 bits per heavy atom. The van der Waals surface area contributed by atoms with Crippen molar-refractivity contribution in [1.29, 1.82) is 0 Å². The molecule has 0 heterocycles. The van der Waals surface area contributed by atoms with Crippen LogP contribution in [0.5, 0.6) is 0 Å². The fraction of sp³-hybridized carbons (Fsp3) is 1.00. The predicted octanol–water partition coefficient (Wildman–Crippen LogP) is 1.74. The average molecular weight is 192 g/mol. The molecule has 0 atom stereocenters. The van der Waals surface area contributed by atoms with Gasteiger partial charge in [-0.05, 0) is 25.5 Å². The summed E-state index contributed by atoms with van der Waals surface area (Å²) in [4.78, 5) is 0. The number of rotatable bonds is 8. The molecule has 0 aliphatic rings. The van der Waals surface area contributed by atoms with Crippen LogP contribution in [0.4, 0.5) is 0 Å². The van der Waals surface area contributed by atoms with E-state index in [-0.39, 0.29) is 9.52 Å². The van der Waals surface area contributed by atoms with Crippen LogP contribution in [0.1, 0.15) is 19.8 Å². The normalized spacial score (nSPS) is 11.5. The van der Waals surface area contributed by atoms with Crippen LogP contribution < -0.4 is 0 Å². The Hall–Kier alpha value is 0.527. The summed E-state index contributed by atoms with van der Waals surface area (Å²) in [5.41, 5.74) is 0. The molecule has 0 amide bonds. The molecule has 0 aliphatic carbocycles. The summed E-state index contributed by atoms with van der Waals surface area (Å²) < 4.78 is 5.25. The van der Waals surface area contributed by atoms with Crippen LogP contribution in [0.2, 0.25) is 12.1 Å². The Kier molecular flexibility index (Phi) is 11.0. The fourth-order valence-electron chi connectivity index (χ4n) is 0.991. The molecule has 0 aromatic heterocycles. The molecule has 0 saturated carbocycles. The topological polar surface area (TPSA) is 9.23 Å². The van der Waals surface area contributed by atoms with Gasteiger partial charge in [0.25, 0.3) is 0 Å². The zero-order valence-corrected chi connectivity index (χ0v) is 9.82. The van der Waals surface area contributed by atoms with E-state index in [0.717, 1.165) is 19.0 Å². The lowest BCUT2D eigenvalue weighted by Crippen LogP contribution is -1.96. The maximum Gasteiger partial charge on any atom is 0.0463 e. The lowest BCUT2D eigenvalue weighted by atomic mass is 10.5. The van der Waals surface area contributed by atoms with E-state index in [1.807, 2.05) is 0 Å². The lowest BCUT2D eigenvalue weighted by molar-refractivity contribution is 0.148. The van der Waals surface area contributed by atoms with Crippen molar-refractivity contribution in [3.8, 4) is 0 Å². The Morgan fingerprint density at radius 1 is 1.27 bits per heavy atom. The van der Waals surface area contributed by atoms with Crippen LogP contribution in [0.25, 0.3) is 0 Å². The van der Waals surface area contributed by atoms with Crippen LogP contribution in [0.3, 0.4) is 0 Å². The van der Waals surface area contributed by atoms with E-state index in [2.05, 4.69) is 19.6 Å². The van der Waals surface area contributed by atoms with E-state index < -0.39 is 0 Å². The first kappa shape index (κ1) is 11.5. The molecule has 0 fully saturated rings. The third kappa shape index (κ3) is 10.5. The van der Waals surface area contributed by atoms with Crippen molar-refractivity contribution >= 4 is 22.1 Å². The van der Waals surface area contributed by atoms with E-state index in [1.54, 1.807) is 0 Å². The van der Waals surface area contributed by atoms with Gasteiger partial charge in [-0.2, -0.15) is 12.6 Å². The molecule has 0 rings (SSSR count). The van der Waals surface area contributed by atoms with Crippen molar-refractivity contribution in [1.82, 2.24) is 0 Å².